The fourth-order valence-corrected chi connectivity index (χ4v) is 4.07. The number of piperazine rings is 1. The summed E-state index contributed by atoms with van der Waals surface area (Å²) in [7, 11) is 0. The van der Waals surface area contributed by atoms with Gasteiger partial charge in [-0.25, -0.2) is 0 Å². The van der Waals surface area contributed by atoms with Crippen molar-refractivity contribution in [3.63, 3.8) is 0 Å². The maximum absolute atomic E-state index is 12.7. The molecule has 1 aliphatic rings. The summed E-state index contributed by atoms with van der Waals surface area (Å²) in [6, 6.07) is 27.6. The fraction of sp³-hybridized carbons (Fsp3) is 0.231. The Balaban J connectivity index is 1.36. The van der Waals surface area contributed by atoms with Crippen LogP contribution in [0.4, 0.5) is 0 Å². The van der Waals surface area contributed by atoms with Crippen LogP contribution in [0.2, 0.25) is 0 Å². The Labute approximate surface area is 188 Å². The minimum absolute atomic E-state index is 0.0310. The first-order valence-electron chi connectivity index (χ1n) is 10.8. The van der Waals surface area contributed by atoms with E-state index in [1.54, 1.807) is 24.3 Å². The number of hydrogen-bond donors (Lipinski definition) is 1. The standard InChI is InChI=1S/C26H27N3O3/c27-26(31)22-11-13-23(14-12-22)32-19-24(30)28-15-17-29(18-16-28)25(20-7-3-1-4-8-20)21-9-5-2-6-10-21/h1-14,25H,15-19H2,(H2,27,31). The molecule has 0 atom stereocenters. The number of carbonyl (C=O) groups excluding carboxylic acids is 2. The Morgan fingerprint density at radius 3 is 1.81 bits per heavy atom. The van der Waals surface area contributed by atoms with E-state index in [-0.39, 0.29) is 18.6 Å². The molecule has 0 radical (unpaired) electrons. The average molecular weight is 430 g/mol. The van der Waals surface area contributed by atoms with Crippen LogP contribution in [0.15, 0.2) is 84.9 Å². The summed E-state index contributed by atoms with van der Waals surface area (Å²) in [5, 5.41) is 0. The summed E-state index contributed by atoms with van der Waals surface area (Å²) < 4.78 is 5.61. The van der Waals surface area contributed by atoms with Crippen molar-refractivity contribution in [1.29, 1.82) is 0 Å². The van der Waals surface area contributed by atoms with E-state index >= 15 is 0 Å². The van der Waals surface area contributed by atoms with Gasteiger partial charge in [0.25, 0.3) is 5.91 Å². The molecular formula is C26H27N3O3. The monoisotopic (exact) mass is 429 g/mol. The number of nitrogens with two attached hydrogens (primary N) is 1. The lowest BCUT2D eigenvalue weighted by Gasteiger charge is -2.39. The minimum atomic E-state index is -0.491. The molecular weight excluding hydrogens is 402 g/mol. The molecule has 0 bridgehead atoms. The predicted octanol–water partition coefficient (Wildman–Crippen LogP) is 3.10. The normalized spacial score (nSPS) is 14.3. The summed E-state index contributed by atoms with van der Waals surface area (Å²) in [6.07, 6.45) is 0. The highest BCUT2D eigenvalue weighted by Crippen LogP contribution is 2.29. The Morgan fingerprint density at radius 2 is 1.31 bits per heavy atom. The van der Waals surface area contributed by atoms with Crippen LogP contribution >= 0.6 is 0 Å². The largest absolute Gasteiger partial charge is 0.484 e. The number of amides is 2. The molecule has 1 fully saturated rings. The highest BCUT2D eigenvalue weighted by molar-refractivity contribution is 5.92. The quantitative estimate of drug-likeness (QED) is 0.626. The lowest BCUT2D eigenvalue weighted by atomic mass is 9.96. The van der Waals surface area contributed by atoms with Crippen molar-refractivity contribution < 1.29 is 14.3 Å². The molecule has 2 N–H and O–H groups in total. The lowest BCUT2D eigenvalue weighted by Crippen LogP contribution is -2.51. The van der Waals surface area contributed by atoms with Gasteiger partial charge in [0.2, 0.25) is 5.91 Å². The van der Waals surface area contributed by atoms with Crippen LogP contribution in [0.5, 0.6) is 5.75 Å². The van der Waals surface area contributed by atoms with Crippen LogP contribution in [0, 0.1) is 0 Å². The third-order valence-electron chi connectivity index (χ3n) is 5.76. The van der Waals surface area contributed by atoms with E-state index in [1.807, 2.05) is 17.0 Å². The van der Waals surface area contributed by atoms with Gasteiger partial charge >= 0.3 is 0 Å². The van der Waals surface area contributed by atoms with Crippen LogP contribution in [0.1, 0.15) is 27.5 Å². The zero-order valence-corrected chi connectivity index (χ0v) is 17.9. The summed E-state index contributed by atoms with van der Waals surface area (Å²) in [5.74, 6) is 0.00427. The van der Waals surface area contributed by atoms with Crippen molar-refractivity contribution in [2.75, 3.05) is 32.8 Å². The fourth-order valence-electron chi connectivity index (χ4n) is 4.07. The van der Waals surface area contributed by atoms with Gasteiger partial charge in [0.1, 0.15) is 5.75 Å². The van der Waals surface area contributed by atoms with E-state index in [4.69, 9.17) is 10.5 Å². The summed E-state index contributed by atoms with van der Waals surface area (Å²) in [5.41, 5.74) is 8.16. The maximum atomic E-state index is 12.7. The van der Waals surface area contributed by atoms with Gasteiger partial charge < -0.3 is 15.4 Å². The van der Waals surface area contributed by atoms with Crippen molar-refractivity contribution in [2.24, 2.45) is 5.73 Å². The van der Waals surface area contributed by atoms with Crippen molar-refractivity contribution >= 4 is 11.8 Å². The van der Waals surface area contributed by atoms with Gasteiger partial charge in [-0.2, -0.15) is 0 Å². The highest BCUT2D eigenvalue weighted by atomic mass is 16.5. The highest BCUT2D eigenvalue weighted by Gasteiger charge is 2.28. The number of ether oxygens (including phenoxy) is 1. The third kappa shape index (κ3) is 5.15. The zero-order chi connectivity index (χ0) is 22.3. The molecule has 164 valence electrons. The van der Waals surface area contributed by atoms with E-state index in [2.05, 4.69) is 53.4 Å². The summed E-state index contributed by atoms with van der Waals surface area (Å²) in [4.78, 5) is 28.1. The van der Waals surface area contributed by atoms with Crippen LogP contribution in [-0.2, 0) is 4.79 Å². The van der Waals surface area contributed by atoms with E-state index in [1.165, 1.54) is 11.1 Å². The molecule has 0 aliphatic carbocycles. The molecule has 0 saturated carbocycles. The maximum Gasteiger partial charge on any atom is 0.260 e. The molecule has 1 saturated heterocycles. The first kappa shape index (κ1) is 21.6. The number of primary amides is 1. The molecule has 6 heteroatoms. The van der Waals surface area contributed by atoms with E-state index in [0.29, 0.717) is 24.4 Å². The molecule has 0 aromatic heterocycles. The molecule has 4 rings (SSSR count). The van der Waals surface area contributed by atoms with E-state index in [9.17, 15) is 9.59 Å². The average Bonchev–Trinajstić information content (AvgIpc) is 2.85. The number of hydrogen-bond acceptors (Lipinski definition) is 4. The molecule has 3 aromatic rings. The number of rotatable bonds is 7. The Bertz CT molecular complexity index is 991. The second kappa shape index (κ2) is 10.1. The van der Waals surface area contributed by atoms with Crippen molar-refractivity contribution in [2.45, 2.75) is 6.04 Å². The molecule has 0 unspecified atom stereocenters. The van der Waals surface area contributed by atoms with Gasteiger partial charge in [-0.15, -0.1) is 0 Å². The summed E-state index contributed by atoms with van der Waals surface area (Å²) >= 11 is 0. The zero-order valence-electron chi connectivity index (χ0n) is 17.9. The SMILES string of the molecule is NC(=O)c1ccc(OCC(=O)N2CCN(C(c3ccccc3)c3ccccc3)CC2)cc1. The Kier molecular flexibility index (Phi) is 6.82. The minimum Gasteiger partial charge on any atom is -0.484 e. The van der Waals surface area contributed by atoms with Gasteiger partial charge in [-0.1, -0.05) is 60.7 Å². The first-order valence-corrected chi connectivity index (χ1v) is 10.8. The van der Waals surface area contributed by atoms with Gasteiger partial charge in [0.05, 0.1) is 6.04 Å². The Hall–Kier alpha value is -3.64. The van der Waals surface area contributed by atoms with Crippen molar-refractivity contribution in [3.05, 3.63) is 102 Å². The van der Waals surface area contributed by atoms with Crippen LogP contribution in [0.3, 0.4) is 0 Å². The predicted molar refractivity (Wildman–Crippen MR) is 123 cm³/mol. The molecule has 6 nitrogen and oxygen atoms in total. The van der Waals surface area contributed by atoms with Gasteiger partial charge in [0.15, 0.2) is 6.61 Å². The van der Waals surface area contributed by atoms with Crippen LogP contribution in [-0.4, -0.2) is 54.4 Å². The summed E-state index contributed by atoms with van der Waals surface area (Å²) in [6.45, 7) is 2.84. The smallest absolute Gasteiger partial charge is 0.260 e. The first-order chi connectivity index (χ1) is 15.6. The topological polar surface area (TPSA) is 75.9 Å². The van der Waals surface area contributed by atoms with Crippen LogP contribution in [0.25, 0.3) is 0 Å². The lowest BCUT2D eigenvalue weighted by molar-refractivity contribution is -0.135. The molecule has 1 heterocycles. The number of benzene rings is 3. The van der Waals surface area contributed by atoms with Gasteiger partial charge in [-0.05, 0) is 35.4 Å². The van der Waals surface area contributed by atoms with E-state index in [0.717, 1.165) is 13.1 Å². The van der Waals surface area contributed by atoms with E-state index < -0.39 is 5.91 Å². The molecule has 0 spiro atoms. The molecule has 3 aromatic carbocycles. The molecule has 32 heavy (non-hydrogen) atoms. The molecule has 1 aliphatic heterocycles. The third-order valence-corrected chi connectivity index (χ3v) is 5.76. The second-order valence-corrected chi connectivity index (χ2v) is 7.82. The Morgan fingerprint density at radius 1 is 0.781 bits per heavy atom. The molecule has 2 amide bonds. The number of carbonyl (C=O) groups is 2. The van der Waals surface area contributed by atoms with Crippen molar-refractivity contribution in [3.8, 4) is 5.75 Å². The van der Waals surface area contributed by atoms with Crippen molar-refractivity contribution in [1.82, 2.24) is 9.80 Å². The number of nitrogens with zero attached hydrogens (tertiary/aromatic N) is 2. The van der Waals surface area contributed by atoms with Crippen LogP contribution < -0.4 is 10.5 Å². The van der Waals surface area contributed by atoms with Gasteiger partial charge in [-0.3, -0.25) is 14.5 Å². The second-order valence-electron chi connectivity index (χ2n) is 7.82. The van der Waals surface area contributed by atoms with Gasteiger partial charge in [0, 0.05) is 31.7 Å².